The molecule has 0 bridgehead atoms. The highest BCUT2D eigenvalue weighted by molar-refractivity contribution is 5.95. The first kappa shape index (κ1) is 18.0. The van der Waals surface area contributed by atoms with Gasteiger partial charge in [-0.1, -0.05) is 19.9 Å². The topological polar surface area (TPSA) is 82.3 Å². The third-order valence-corrected chi connectivity index (χ3v) is 4.50. The monoisotopic (exact) mass is 328 g/mol. The number of anilines is 1. The molecule has 0 aliphatic heterocycles. The highest BCUT2D eigenvalue weighted by Crippen LogP contribution is 2.34. The van der Waals surface area contributed by atoms with Crippen molar-refractivity contribution in [2.75, 3.05) is 5.73 Å². The van der Waals surface area contributed by atoms with Gasteiger partial charge in [-0.3, -0.25) is 4.98 Å². The van der Waals surface area contributed by atoms with Crippen molar-refractivity contribution in [2.45, 2.75) is 52.1 Å². The van der Waals surface area contributed by atoms with Gasteiger partial charge in [-0.2, -0.15) is 9.59 Å². The fraction of sp³-hybridized carbons (Fsp3) is 0.474. The summed E-state index contributed by atoms with van der Waals surface area (Å²) in [5, 5.41) is 0.966. The number of hydrogen-bond acceptors (Lipinski definition) is 5. The second-order valence-corrected chi connectivity index (χ2v) is 6.29. The number of pyridine rings is 1. The molecule has 3 rings (SSSR count). The summed E-state index contributed by atoms with van der Waals surface area (Å²) in [5.74, 6) is 1.72. The number of aromatic nitrogens is 1. The third-order valence-electron chi connectivity index (χ3n) is 4.50. The normalized spacial score (nSPS) is 19.9. The third kappa shape index (κ3) is 4.33. The fourth-order valence-corrected chi connectivity index (χ4v) is 3.15. The number of hydrogen-bond donors (Lipinski definition) is 1. The molecule has 0 atom stereocenters. The van der Waals surface area contributed by atoms with E-state index < -0.39 is 0 Å². The molecule has 1 saturated carbocycles. The lowest BCUT2D eigenvalue weighted by atomic mass is 9.89. The zero-order chi connectivity index (χ0) is 17.5. The minimum Gasteiger partial charge on any atom is -0.490 e. The van der Waals surface area contributed by atoms with Crippen LogP contribution in [0.2, 0.25) is 0 Å². The van der Waals surface area contributed by atoms with Crippen LogP contribution in [0.4, 0.5) is 5.69 Å². The van der Waals surface area contributed by atoms with E-state index in [0.717, 1.165) is 53.2 Å². The molecule has 2 aromatic rings. The van der Waals surface area contributed by atoms with Crippen LogP contribution in [0.5, 0.6) is 5.75 Å². The molecule has 1 fully saturated rings. The largest absolute Gasteiger partial charge is 0.490 e. The van der Waals surface area contributed by atoms with Gasteiger partial charge >= 0.3 is 6.15 Å². The zero-order valence-electron chi connectivity index (χ0n) is 14.2. The fourth-order valence-electron chi connectivity index (χ4n) is 3.15. The van der Waals surface area contributed by atoms with E-state index in [0.29, 0.717) is 6.10 Å². The minimum atomic E-state index is 0.250. The number of benzene rings is 1. The Kier molecular flexibility index (Phi) is 6.33. The van der Waals surface area contributed by atoms with Crippen molar-refractivity contribution < 1.29 is 14.3 Å². The number of nitrogen functional groups attached to an aromatic ring is 1. The molecule has 5 heteroatoms. The van der Waals surface area contributed by atoms with Gasteiger partial charge in [0, 0.05) is 11.4 Å². The molecule has 0 saturated heterocycles. The van der Waals surface area contributed by atoms with Crippen LogP contribution >= 0.6 is 0 Å². The van der Waals surface area contributed by atoms with Crippen LogP contribution in [0.15, 0.2) is 24.3 Å². The molecule has 5 nitrogen and oxygen atoms in total. The molecule has 24 heavy (non-hydrogen) atoms. The molecule has 1 heterocycles. The molecule has 0 radical (unpaired) electrons. The standard InChI is InChI=1S/C18H24N2O.CO2/c1-3-13-11-15(19)18-16(20-13)5-4-6-17(18)21-14-9-7-12(2)8-10-14;2-1-3/h4-6,11-12,14H,3,7-10H2,1-2H3,(H2,19,20);. The van der Waals surface area contributed by atoms with Crippen molar-refractivity contribution in [1.29, 1.82) is 0 Å². The Hall–Kier alpha value is -2.39. The maximum absolute atomic E-state index is 8.12. The number of rotatable bonds is 3. The van der Waals surface area contributed by atoms with Crippen LogP contribution in [-0.2, 0) is 16.0 Å². The lowest BCUT2D eigenvalue weighted by molar-refractivity contribution is -0.191. The van der Waals surface area contributed by atoms with Crippen molar-refractivity contribution in [3.05, 3.63) is 30.0 Å². The van der Waals surface area contributed by atoms with Gasteiger partial charge < -0.3 is 10.5 Å². The van der Waals surface area contributed by atoms with Gasteiger partial charge in [0.2, 0.25) is 0 Å². The van der Waals surface area contributed by atoms with Gasteiger partial charge in [0.05, 0.1) is 17.0 Å². The Balaban J connectivity index is 0.000000647. The van der Waals surface area contributed by atoms with Gasteiger partial charge in [-0.25, -0.2) is 0 Å². The molecule has 2 N–H and O–H groups in total. The Morgan fingerprint density at radius 3 is 2.54 bits per heavy atom. The summed E-state index contributed by atoms with van der Waals surface area (Å²) in [7, 11) is 0. The average molecular weight is 328 g/mol. The summed E-state index contributed by atoms with van der Waals surface area (Å²) in [6, 6.07) is 8.01. The quantitative estimate of drug-likeness (QED) is 0.927. The maximum atomic E-state index is 8.12. The Morgan fingerprint density at radius 2 is 1.92 bits per heavy atom. The predicted octanol–water partition coefficient (Wildman–Crippen LogP) is 3.75. The predicted molar refractivity (Wildman–Crippen MR) is 92.6 cm³/mol. The van der Waals surface area contributed by atoms with Crippen molar-refractivity contribution in [3.63, 3.8) is 0 Å². The first-order valence-electron chi connectivity index (χ1n) is 8.43. The van der Waals surface area contributed by atoms with E-state index in [1.807, 2.05) is 24.3 Å². The van der Waals surface area contributed by atoms with Crippen molar-refractivity contribution in [2.24, 2.45) is 5.92 Å². The van der Waals surface area contributed by atoms with Gasteiger partial charge in [-0.15, -0.1) is 0 Å². The summed E-state index contributed by atoms with van der Waals surface area (Å²) in [6.45, 7) is 4.42. The van der Waals surface area contributed by atoms with E-state index in [1.54, 1.807) is 0 Å². The van der Waals surface area contributed by atoms with Crippen LogP contribution in [0, 0.1) is 5.92 Å². The number of fused-ring (bicyclic) bond motifs is 1. The lowest BCUT2D eigenvalue weighted by Gasteiger charge is -2.27. The lowest BCUT2D eigenvalue weighted by Crippen LogP contribution is -2.23. The van der Waals surface area contributed by atoms with E-state index >= 15 is 0 Å². The smallest absolute Gasteiger partial charge is 0.373 e. The summed E-state index contributed by atoms with van der Waals surface area (Å²) >= 11 is 0. The highest BCUT2D eigenvalue weighted by Gasteiger charge is 2.20. The van der Waals surface area contributed by atoms with E-state index in [-0.39, 0.29) is 6.15 Å². The van der Waals surface area contributed by atoms with Crippen LogP contribution in [0.25, 0.3) is 10.9 Å². The first-order chi connectivity index (χ1) is 11.6. The SMILES string of the molecule is CCc1cc(N)c2c(OC3CCC(C)CC3)cccc2n1.O=C=O. The molecule has 128 valence electrons. The Morgan fingerprint density at radius 1 is 1.25 bits per heavy atom. The van der Waals surface area contributed by atoms with Gasteiger partial charge in [-0.05, 0) is 56.2 Å². The first-order valence-corrected chi connectivity index (χ1v) is 8.43. The molecule has 0 amide bonds. The number of nitrogens with zero attached hydrogens (tertiary/aromatic N) is 1. The molecule has 1 aromatic carbocycles. The molecular weight excluding hydrogens is 304 g/mol. The van der Waals surface area contributed by atoms with Crippen molar-refractivity contribution in [1.82, 2.24) is 4.98 Å². The van der Waals surface area contributed by atoms with Crippen LogP contribution in [0.1, 0.15) is 45.2 Å². The summed E-state index contributed by atoms with van der Waals surface area (Å²) in [5.41, 5.74) is 8.98. The zero-order valence-corrected chi connectivity index (χ0v) is 14.2. The van der Waals surface area contributed by atoms with E-state index in [2.05, 4.69) is 18.8 Å². The number of aryl methyl sites for hydroxylation is 1. The van der Waals surface area contributed by atoms with E-state index in [1.165, 1.54) is 12.8 Å². The summed E-state index contributed by atoms with van der Waals surface area (Å²) < 4.78 is 6.25. The van der Waals surface area contributed by atoms with Crippen molar-refractivity contribution in [3.8, 4) is 5.75 Å². The molecular formula is C19H24N2O3. The van der Waals surface area contributed by atoms with Crippen molar-refractivity contribution >= 4 is 22.7 Å². The number of ether oxygens (including phenoxy) is 1. The molecule has 1 aromatic heterocycles. The Labute approximate surface area is 142 Å². The van der Waals surface area contributed by atoms with E-state index in [9.17, 15) is 0 Å². The second-order valence-electron chi connectivity index (χ2n) is 6.29. The van der Waals surface area contributed by atoms with Gasteiger partial charge in [0.1, 0.15) is 5.75 Å². The van der Waals surface area contributed by atoms with Crippen LogP contribution in [0.3, 0.4) is 0 Å². The number of carbonyl (C=O) groups excluding carboxylic acids is 2. The van der Waals surface area contributed by atoms with Crippen LogP contribution in [-0.4, -0.2) is 17.2 Å². The Bertz CT molecular complexity index is 716. The number of nitrogens with two attached hydrogens (primary N) is 1. The average Bonchev–Trinajstić information content (AvgIpc) is 2.57. The summed E-state index contributed by atoms with van der Waals surface area (Å²) in [4.78, 5) is 20.9. The molecule has 0 spiro atoms. The molecule has 1 aliphatic carbocycles. The second kappa shape index (κ2) is 8.46. The molecule has 1 aliphatic rings. The highest BCUT2D eigenvalue weighted by atomic mass is 16.5. The van der Waals surface area contributed by atoms with Crippen LogP contribution < -0.4 is 10.5 Å². The molecule has 0 unspecified atom stereocenters. The summed E-state index contributed by atoms with van der Waals surface area (Å²) in [6.07, 6.45) is 6.24. The van der Waals surface area contributed by atoms with Gasteiger partial charge in [0.25, 0.3) is 0 Å². The minimum absolute atomic E-state index is 0.250. The van der Waals surface area contributed by atoms with Gasteiger partial charge in [0.15, 0.2) is 0 Å². The van der Waals surface area contributed by atoms with E-state index in [4.69, 9.17) is 20.1 Å². The maximum Gasteiger partial charge on any atom is 0.373 e.